The number of rotatable bonds is 0. The highest BCUT2D eigenvalue weighted by atomic mass is 127. The zero-order chi connectivity index (χ0) is 9.38. The van der Waals surface area contributed by atoms with Crippen molar-refractivity contribution in [3.8, 4) is 0 Å². The molecule has 1 heterocycles. The van der Waals surface area contributed by atoms with Gasteiger partial charge in [-0.2, -0.15) is 0 Å². The average Bonchev–Trinajstić information content (AvgIpc) is 2.26. The van der Waals surface area contributed by atoms with Crippen molar-refractivity contribution < 1.29 is 0 Å². The highest BCUT2D eigenvalue weighted by Crippen LogP contribution is 2.27. The highest BCUT2D eigenvalue weighted by molar-refractivity contribution is 14.2. The predicted octanol–water partition coefficient (Wildman–Crippen LogP) is 3.81. The Bertz CT molecular complexity index is 500. The van der Waals surface area contributed by atoms with Crippen LogP contribution in [0, 0.1) is 3.57 Å². The van der Waals surface area contributed by atoms with Crippen LogP contribution >= 0.6 is 20.7 Å². The van der Waals surface area contributed by atoms with Gasteiger partial charge in [-0.05, 0) is 32.5 Å². The van der Waals surface area contributed by atoms with E-state index in [4.69, 9.17) is 0 Å². The molecule has 2 aromatic carbocycles. The Hall–Kier alpha value is -0.960. The van der Waals surface area contributed by atoms with Crippen LogP contribution in [0.4, 0.5) is 0 Å². The maximum Gasteiger partial charge on any atom is 0.0156 e. The van der Waals surface area contributed by atoms with Crippen LogP contribution in [0.1, 0.15) is 5.56 Å². The van der Waals surface area contributed by atoms with Gasteiger partial charge in [0.25, 0.3) is 0 Å². The van der Waals surface area contributed by atoms with E-state index in [9.17, 15) is 0 Å². The first-order valence-corrected chi connectivity index (χ1v) is 6.92. The van der Waals surface area contributed by atoms with Gasteiger partial charge in [0, 0.05) is 3.57 Å². The molecular formula is C13H9I. The van der Waals surface area contributed by atoms with E-state index in [1.807, 2.05) is 0 Å². The summed E-state index contributed by atoms with van der Waals surface area (Å²) in [6.45, 7) is 0. The summed E-state index contributed by atoms with van der Waals surface area (Å²) in [5.74, 6) is 0. The van der Waals surface area contributed by atoms with Crippen LogP contribution in [0.3, 0.4) is 0 Å². The standard InChI is InChI=1S/C13H9I/c1-2-5-11-9-13-12(6-3-7-14-13)8-10(11)4-1/h1-9H. The third-order valence-electron chi connectivity index (χ3n) is 2.39. The van der Waals surface area contributed by atoms with Gasteiger partial charge in [0.15, 0.2) is 0 Å². The third kappa shape index (κ3) is 1.32. The van der Waals surface area contributed by atoms with Crippen molar-refractivity contribution in [1.29, 1.82) is 0 Å². The fourth-order valence-corrected chi connectivity index (χ4v) is 3.71. The topological polar surface area (TPSA) is 0 Å². The molecule has 68 valence electrons. The van der Waals surface area contributed by atoms with Gasteiger partial charge in [-0.3, -0.25) is 0 Å². The van der Waals surface area contributed by atoms with Crippen molar-refractivity contribution in [2.24, 2.45) is 0 Å². The Kier molecular flexibility index (Phi) is 1.98. The predicted molar refractivity (Wildman–Crippen MR) is 71.8 cm³/mol. The van der Waals surface area contributed by atoms with Gasteiger partial charge in [0.1, 0.15) is 0 Å². The maximum absolute atomic E-state index is 2.35. The van der Waals surface area contributed by atoms with E-state index in [1.165, 1.54) is 16.3 Å². The summed E-state index contributed by atoms with van der Waals surface area (Å²) >= 11 is 0.108. The molecule has 0 bridgehead atoms. The first-order valence-electron chi connectivity index (χ1n) is 4.59. The van der Waals surface area contributed by atoms with E-state index in [2.05, 4.69) is 52.6 Å². The van der Waals surface area contributed by atoms with Crippen LogP contribution in [0.15, 0.2) is 42.5 Å². The number of hydrogen-bond donors (Lipinski definition) is 0. The Morgan fingerprint density at radius 1 is 0.929 bits per heavy atom. The number of hydrogen-bond acceptors (Lipinski definition) is 0. The van der Waals surface area contributed by atoms with Crippen molar-refractivity contribution in [3.63, 3.8) is 0 Å². The fourth-order valence-electron chi connectivity index (χ4n) is 1.70. The van der Waals surface area contributed by atoms with Crippen molar-refractivity contribution in [2.75, 3.05) is 0 Å². The monoisotopic (exact) mass is 292 g/mol. The van der Waals surface area contributed by atoms with Crippen molar-refractivity contribution >= 4 is 41.6 Å². The van der Waals surface area contributed by atoms with Gasteiger partial charge < -0.3 is 0 Å². The molecule has 0 N–H and O–H groups in total. The van der Waals surface area contributed by atoms with Gasteiger partial charge in [-0.15, -0.1) is 0 Å². The molecule has 0 spiro atoms. The molecule has 0 saturated heterocycles. The second-order valence-corrected chi connectivity index (χ2v) is 5.82. The average molecular weight is 292 g/mol. The van der Waals surface area contributed by atoms with Gasteiger partial charge >= 0.3 is 0 Å². The minimum atomic E-state index is 0.108. The zero-order valence-corrected chi connectivity index (χ0v) is 9.73. The van der Waals surface area contributed by atoms with E-state index in [1.54, 1.807) is 3.57 Å². The summed E-state index contributed by atoms with van der Waals surface area (Å²) in [6.07, 6.45) is 4.40. The lowest BCUT2D eigenvalue weighted by Crippen LogP contribution is -1.85. The molecule has 0 radical (unpaired) electrons. The van der Waals surface area contributed by atoms with Gasteiger partial charge in [-0.1, -0.05) is 57.1 Å². The number of halogens is 1. The second-order valence-electron chi connectivity index (χ2n) is 3.32. The molecule has 1 aliphatic heterocycles. The normalized spacial score (nSPS) is 13.7. The van der Waals surface area contributed by atoms with Crippen LogP contribution in [-0.2, 0) is 0 Å². The molecule has 0 saturated carbocycles. The number of fused-ring (bicyclic) bond motifs is 2. The molecule has 1 aliphatic rings. The summed E-state index contributed by atoms with van der Waals surface area (Å²) < 4.78 is 3.86. The fraction of sp³-hybridized carbons (Fsp3) is 0. The van der Waals surface area contributed by atoms with Crippen molar-refractivity contribution in [1.82, 2.24) is 0 Å². The Morgan fingerprint density at radius 3 is 2.57 bits per heavy atom. The lowest BCUT2D eigenvalue weighted by Gasteiger charge is -2.06. The van der Waals surface area contributed by atoms with Crippen LogP contribution in [-0.4, -0.2) is 4.01 Å². The highest BCUT2D eigenvalue weighted by Gasteiger charge is 2.02. The quantitative estimate of drug-likeness (QED) is 0.648. The lowest BCUT2D eigenvalue weighted by molar-refractivity contribution is 1.65. The Balaban J connectivity index is 2.40. The molecule has 0 unspecified atom stereocenters. The summed E-state index contributed by atoms with van der Waals surface area (Å²) in [7, 11) is 0. The van der Waals surface area contributed by atoms with Gasteiger partial charge in [0.05, 0.1) is 0 Å². The van der Waals surface area contributed by atoms with E-state index >= 15 is 0 Å². The van der Waals surface area contributed by atoms with Crippen LogP contribution in [0.25, 0.3) is 16.8 Å². The first kappa shape index (κ1) is 8.36. The molecule has 0 aromatic heterocycles. The van der Waals surface area contributed by atoms with E-state index in [-0.39, 0.29) is 20.7 Å². The van der Waals surface area contributed by atoms with Crippen LogP contribution < -0.4 is 0 Å². The van der Waals surface area contributed by atoms with Crippen LogP contribution in [0.5, 0.6) is 0 Å². The summed E-state index contributed by atoms with van der Waals surface area (Å²) in [5, 5.41) is 2.72. The molecule has 0 nitrogen and oxygen atoms in total. The number of benzene rings is 2. The minimum absolute atomic E-state index is 0.108. The van der Waals surface area contributed by atoms with Crippen molar-refractivity contribution in [2.45, 2.75) is 0 Å². The van der Waals surface area contributed by atoms with E-state index in [0.717, 1.165) is 0 Å². The van der Waals surface area contributed by atoms with Gasteiger partial charge in [0.2, 0.25) is 0 Å². The molecule has 0 atom stereocenters. The smallest absolute Gasteiger partial charge is 0.0156 e. The van der Waals surface area contributed by atoms with E-state index < -0.39 is 0 Å². The largest absolute Gasteiger partial charge is 0.0850 e. The summed E-state index contributed by atoms with van der Waals surface area (Å²) in [6, 6.07) is 13.2. The molecule has 0 amide bonds. The molecule has 14 heavy (non-hydrogen) atoms. The lowest BCUT2D eigenvalue weighted by atomic mass is 10.1. The molecular weight excluding hydrogens is 283 g/mol. The molecule has 3 rings (SSSR count). The second kappa shape index (κ2) is 3.31. The summed E-state index contributed by atoms with van der Waals surface area (Å²) in [4.78, 5) is 0. The van der Waals surface area contributed by atoms with E-state index in [0.29, 0.717) is 0 Å². The maximum atomic E-state index is 2.35. The van der Waals surface area contributed by atoms with Crippen molar-refractivity contribution in [3.05, 3.63) is 51.6 Å². The Morgan fingerprint density at radius 2 is 1.71 bits per heavy atom. The SMILES string of the molecule is C1=Cc2cc3ccccc3cc2I=C1. The number of allylic oxidation sites excluding steroid dienone is 1. The molecule has 0 aliphatic carbocycles. The third-order valence-corrected chi connectivity index (χ3v) is 4.77. The molecule has 1 heteroatoms. The Labute approximate surface area is 93.0 Å². The minimum Gasteiger partial charge on any atom is -0.0850 e. The molecule has 2 aromatic rings. The molecule has 0 fully saturated rings. The first-order chi connectivity index (χ1) is 6.93. The van der Waals surface area contributed by atoms with Crippen LogP contribution in [0.2, 0.25) is 0 Å². The summed E-state index contributed by atoms with van der Waals surface area (Å²) in [5.41, 5.74) is 1.42. The zero-order valence-electron chi connectivity index (χ0n) is 7.57. The van der Waals surface area contributed by atoms with Gasteiger partial charge in [-0.25, -0.2) is 0 Å².